The highest BCUT2D eigenvalue weighted by atomic mass is 16.5. The normalized spacial score (nSPS) is 29.8. The van der Waals surface area contributed by atoms with Gasteiger partial charge in [0.1, 0.15) is 11.5 Å². The summed E-state index contributed by atoms with van der Waals surface area (Å²) < 4.78 is 7.43. The molecule has 3 N–H and O–H groups in total. The topological polar surface area (TPSA) is 111 Å². The maximum atomic E-state index is 13.0. The van der Waals surface area contributed by atoms with Crippen molar-refractivity contribution in [1.82, 2.24) is 30.2 Å². The quantitative estimate of drug-likeness (QED) is 0.760. The van der Waals surface area contributed by atoms with Crippen molar-refractivity contribution in [2.75, 3.05) is 32.0 Å². The van der Waals surface area contributed by atoms with Crippen LogP contribution in [0.25, 0.3) is 11.3 Å². The second-order valence-corrected chi connectivity index (χ2v) is 9.01. The summed E-state index contributed by atoms with van der Waals surface area (Å²) in [6.45, 7) is 5.02. The molecule has 9 heteroatoms. The van der Waals surface area contributed by atoms with Crippen molar-refractivity contribution in [3.8, 4) is 11.3 Å². The summed E-state index contributed by atoms with van der Waals surface area (Å²) in [6.07, 6.45) is 8.56. The van der Waals surface area contributed by atoms with Crippen molar-refractivity contribution in [3.63, 3.8) is 0 Å². The average molecular weight is 412 g/mol. The Morgan fingerprint density at radius 1 is 1.27 bits per heavy atom. The SMILES string of the molecule is CC(C(=O)NC12CCC(n3cc(-c4ccnc(N)c4)nn3)(CC1)C2)N1CCOCC1. The van der Waals surface area contributed by atoms with Gasteiger partial charge in [0.2, 0.25) is 5.91 Å². The van der Waals surface area contributed by atoms with Crippen LogP contribution < -0.4 is 11.1 Å². The lowest BCUT2D eigenvalue weighted by atomic mass is 9.91. The van der Waals surface area contributed by atoms with Crippen molar-refractivity contribution in [3.05, 3.63) is 24.5 Å². The largest absolute Gasteiger partial charge is 0.384 e. The molecule has 3 fully saturated rings. The van der Waals surface area contributed by atoms with Gasteiger partial charge in [-0.15, -0.1) is 5.10 Å². The van der Waals surface area contributed by atoms with Gasteiger partial charge in [-0.05, 0) is 51.2 Å². The van der Waals surface area contributed by atoms with Crippen LogP contribution in [0.4, 0.5) is 5.82 Å². The molecular formula is C21H29N7O2. The first-order chi connectivity index (χ1) is 14.5. The molecular weight excluding hydrogens is 382 g/mol. The number of morpholine rings is 1. The molecule has 1 saturated heterocycles. The number of pyridine rings is 1. The molecule has 1 amide bonds. The molecule has 0 radical (unpaired) electrons. The van der Waals surface area contributed by atoms with E-state index in [-0.39, 0.29) is 23.0 Å². The molecule has 2 aliphatic carbocycles. The first-order valence-electron chi connectivity index (χ1n) is 10.8. The van der Waals surface area contributed by atoms with E-state index in [1.807, 2.05) is 29.9 Å². The molecule has 3 heterocycles. The Hall–Kier alpha value is -2.52. The van der Waals surface area contributed by atoms with Crippen LogP contribution in [-0.4, -0.2) is 68.7 Å². The summed E-state index contributed by atoms with van der Waals surface area (Å²) in [6, 6.07) is 3.57. The molecule has 1 unspecified atom stereocenters. The molecule has 0 spiro atoms. The Bertz CT molecular complexity index is 929. The van der Waals surface area contributed by atoms with Crippen molar-refractivity contribution in [1.29, 1.82) is 0 Å². The van der Waals surface area contributed by atoms with E-state index in [0.717, 1.165) is 56.5 Å². The van der Waals surface area contributed by atoms with Crippen LogP contribution in [0.3, 0.4) is 0 Å². The molecule has 160 valence electrons. The second-order valence-electron chi connectivity index (χ2n) is 9.01. The number of nitrogens with two attached hydrogens (primary N) is 1. The number of fused-ring (bicyclic) bond motifs is 2. The molecule has 2 bridgehead atoms. The highest BCUT2D eigenvalue weighted by Crippen LogP contribution is 2.54. The van der Waals surface area contributed by atoms with Crippen LogP contribution in [0.2, 0.25) is 0 Å². The van der Waals surface area contributed by atoms with Crippen LogP contribution in [0.5, 0.6) is 0 Å². The van der Waals surface area contributed by atoms with E-state index in [2.05, 4.69) is 25.5 Å². The molecule has 30 heavy (non-hydrogen) atoms. The smallest absolute Gasteiger partial charge is 0.237 e. The van der Waals surface area contributed by atoms with E-state index in [0.29, 0.717) is 19.0 Å². The first kappa shape index (κ1) is 19.4. The zero-order valence-corrected chi connectivity index (χ0v) is 17.4. The van der Waals surface area contributed by atoms with Gasteiger partial charge in [-0.3, -0.25) is 9.69 Å². The van der Waals surface area contributed by atoms with E-state index in [1.165, 1.54) is 0 Å². The third-order valence-corrected chi connectivity index (χ3v) is 7.22. The second kappa shape index (κ2) is 7.31. The lowest BCUT2D eigenvalue weighted by Crippen LogP contribution is -2.55. The van der Waals surface area contributed by atoms with Crippen LogP contribution in [0.1, 0.15) is 39.0 Å². The van der Waals surface area contributed by atoms with Crippen molar-refractivity contribution in [2.24, 2.45) is 0 Å². The van der Waals surface area contributed by atoms with Gasteiger partial charge in [0, 0.05) is 30.4 Å². The van der Waals surface area contributed by atoms with Crippen LogP contribution in [0, 0.1) is 0 Å². The maximum absolute atomic E-state index is 13.0. The van der Waals surface area contributed by atoms with E-state index in [4.69, 9.17) is 10.5 Å². The molecule has 3 aliphatic rings. The number of rotatable bonds is 5. The van der Waals surface area contributed by atoms with Gasteiger partial charge >= 0.3 is 0 Å². The third kappa shape index (κ3) is 3.35. The molecule has 1 atom stereocenters. The number of carbonyl (C=O) groups is 1. The van der Waals surface area contributed by atoms with Gasteiger partial charge in [0.15, 0.2) is 0 Å². The molecule has 5 rings (SSSR count). The van der Waals surface area contributed by atoms with Gasteiger partial charge in [-0.1, -0.05) is 5.21 Å². The molecule has 9 nitrogen and oxygen atoms in total. The fourth-order valence-corrected chi connectivity index (χ4v) is 5.39. The van der Waals surface area contributed by atoms with Crippen LogP contribution in [0.15, 0.2) is 24.5 Å². The monoisotopic (exact) mass is 411 g/mol. The summed E-state index contributed by atoms with van der Waals surface area (Å²) in [5, 5.41) is 12.3. The first-order valence-corrected chi connectivity index (χ1v) is 10.8. The fourth-order valence-electron chi connectivity index (χ4n) is 5.39. The summed E-state index contributed by atoms with van der Waals surface area (Å²) in [7, 11) is 0. The van der Waals surface area contributed by atoms with Gasteiger partial charge in [-0.2, -0.15) is 0 Å². The van der Waals surface area contributed by atoms with Crippen molar-refractivity contribution < 1.29 is 9.53 Å². The maximum Gasteiger partial charge on any atom is 0.237 e. The fraction of sp³-hybridized carbons (Fsp3) is 0.619. The minimum atomic E-state index is -0.134. The van der Waals surface area contributed by atoms with E-state index in [1.54, 1.807) is 6.20 Å². The number of hydrogen-bond acceptors (Lipinski definition) is 7. The van der Waals surface area contributed by atoms with E-state index in [9.17, 15) is 4.79 Å². The number of nitrogens with one attached hydrogen (secondary N) is 1. The highest BCUT2D eigenvalue weighted by molar-refractivity contribution is 5.82. The Morgan fingerprint density at radius 3 is 2.77 bits per heavy atom. The Labute approximate surface area is 176 Å². The summed E-state index contributed by atoms with van der Waals surface area (Å²) in [5.74, 6) is 0.596. The number of ether oxygens (including phenoxy) is 1. The summed E-state index contributed by atoms with van der Waals surface area (Å²) in [4.78, 5) is 19.2. The minimum absolute atomic E-state index is 0.0701. The highest BCUT2D eigenvalue weighted by Gasteiger charge is 2.56. The standard InChI is InChI=1S/C21H29N7O2/c1-15(27-8-10-30-11-9-27)19(29)24-20-3-5-21(14-20,6-4-20)28-13-17(25-26-28)16-2-7-23-18(22)12-16/h2,7,12-13,15H,3-6,8-11,14H2,1H3,(H2,22,23)(H,24,29). The summed E-state index contributed by atoms with van der Waals surface area (Å²) in [5.41, 5.74) is 7.32. The van der Waals surface area contributed by atoms with Gasteiger partial charge in [-0.25, -0.2) is 9.67 Å². The van der Waals surface area contributed by atoms with Gasteiger partial charge in [0.25, 0.3) is 0 Å². The number of amides is 1. The van der Waals surface area contributed by atoms with Crippen LogP contribution >= 0.6 is 0 Å². The number of nitrogens with zero attached hydrogens (tertiary/aromatic N) is 5. The zero-order chi connectivity index (χ0) is 20.8. The van der Waals surface area contributed by atoms with Gasteiger partial charge < -0.3 is 15.8 Å². The Morgan fingerprint density at radius 2 is 2.03 bits per heavy atom. The van der Waals surface area contributed by atoms with Gasteiger partial charge in [0.05, 0.1) is 31.0 Å². The lowest BCUT2D eigenvalue weighted by Gasteiger charge is -2.35. The predicted molar refractivity (Wildman–Crippen MR) is 111 cm³/mol. The minimum Gasteiger partial charge on any atom is -0.384 e. The number of aromatic nitrogens is 4. The number of nitrogen functional groups attached to an aromatic ring is 1. The lowest BCUT2D eigenvalue weighted by molar-refractivity contribution is -0.129. The number of anilines is 1. The molecule has 2 aromatic heterocycles. The van der Waals surface area contributed by atoms with Crippen molar-refractivity contribution in [2.45, 2.75) is 56.1 Å². The predicted octanol–water partition coefficient (Wildman–Crippen LogP) is 1.17. The number of carbonyl (C=O) groups excluding carboxylic acids is 1. The Kier molecular flexibility index (Phi) is 4.74. The molecule has 2 aromatic rings. The zero-order valence-electron chi connectivity index (χ0n) is 17.4. The average Bonchev–Trinajstić information content (AvgIpc) is 3.48. The molecule has 0 aromatic carbocycles. The molecule has 2 saturated carbocycles. The van der Waals surface area contributed by atoms with E-state index >= 15 is 0 Å². The van der Waals surface area contributed by atoms with E-state index < -0.39 is 0 Å². The molecule has 1 aliphatic heterocycles. The van der Waals surface area contributed by atoms with Crippen LogP contribution in [-0.2, 0) is 15.1 Å². The Balaban J connectivity index is 1.29. The van der Waals surface area contributed by atoms with Crippen molar-refractivity contribution >= 4 is 11.7 Å². The summed E-state index contributed by atoms with van der Waals surface area (Å²) >= 11 is 0. The third-order valence-electron chi connectivity index (χ3n) is 7.22. The number of hydrogen-bond donors (Lipinski definition) is 2.